The number of methoxy groups -OCH3 is 2. The molecular formula is C21H31NO4. The number of ketones is 1. The summed E-state index contributed by atoms with van der Waals surface area (Å²) in [6.07, 6.45) is 2.10. The third-order valence-electron chi connectivity index (χ3n) is 5.99. The predicted octanol–water partition coefficient (Wildman–Crippen LogP) is 3.35. The van der Waals surface area contributed by atoms with Crippen molar-refractivity contribution < 1.29 is 19.1 Å². The Morgan fingerprint density at radius 2 is 1.85 bits per heavy atom. The molecule has 1 aromatic rings. The van der Waals surface area contributed by atoms with Gasteiger partial charge < -0.3 is 14.4 Å². The maximum atomic E-state index is 12.6. The van der Waals surface area contributed by atoms with Gasteiger partial charge in [0.15, 0.2) is 11.5 Å². The summed E-state index contributed by atoms with van der Waals surface area (Å²) in [7, 11) is 5.08. The number of nitrogens with zero attached hydrogens (tertiary/aromatic N) is 1. The predicted molar refractivity (Wildman–Crippen MR) is 102 cm³/mol. The normalized spacial score (nSPS) is 20.8. The largest absolute Gasteiger partial charge is 0.493 e. The van der Waals surface area contributed by atoms with Crippen LogP contribution >= 0.6 is 0 Å². The molecule has 26 heavy (non-hydrogen) atoms. The van der Waals surface area contributed by atoms with Gasteiger partial charge in [0.1, 0.15) is 5.78 Å². The molecule has 5 heteroatoms. The van der Waals surface area contributed by atoms with Crippen molar-refractivity contribution in [3.8, 4) is 11.5 Å². The molecule has 1 aromatic carbocycles. The fourth-order valence-corrected chi connectivity index (χ4v) is 3.88. The van der Waals surface area contributed by atoms with E-state index in [1.165, 1.54) is 0 Å². The number of amides is 1. The molecule has 2 rings (SSSR count). The van der Waals surface area contributed by atoms with E-state index in [9.17, 15) is 9.59 Å². The second-order valence-corrected chi connectivity index (χ2v) is 7.88. The molecule has 0 spiro atoms. The van der Waals surface area contributed by atoms with E-state index in [2.05, 4.69) is 13.8 Å². The number of carbonyl (C=O) groups excluding carboxylic acids is 2. The standard InChI is InChI=1S/C21H31NO4/c1-14(23)17-12-16(21(17,2)3)13-20(24)22(4)10-9-15-7-8-18(25-5)19(11-15)26-6/h7-8,11,16-17H,9-10,12-13H2,1-6H3/t16-,17+/m1/s1. The van der Waals surface area contributed by atoms with Gasteiger partial charge in [-0.2, -0.15) is 0 Å². The van der Waals surface area contributed by atoms with E-state index in [4.69, 9.17) is 9.47 Å². The number of rotatable bonds is 8. The van der Waals surface area contributed by atoms with E-state index in [0.29, 0.717) is 24.5 Å². The fourth-order valence-electron chi connectivity index (χ4n) is 3.88. The average Bonchev–Trinajstić information content (AvgIpc) is 2.61. The van der Waals surface area contributed by atoms with E-state index in [1.54, 1.807) is 26.0 Å². The van der Waals surface area contributed by atoms with Gasteiger partial charge in [0, 0.05) is 25.9 Å². The van der Waals surface area contributed by atoms with Crippen molar-refractivity contribution in [1.29, 1.82) is 0 Å². The lowest BCUT2D eigenvalue weighted by molar-refractivity contribution is -0.144. The van der Waals surface area contributed by atoms with Gasteiger partial charge in [-0.3, -0.25) is 9.59 Å². The highest BCUT2D eigenvalue weighted by molar-refractivity contribution is 5.81. The van der Waals surface area contributed by atoms with E-state index in [-0.39, 0.29) is 28.9 Å². The number of hydrogen-bond donors (Lipinski definition) is 0. The van der Waals surface area contributed by atoms with Crippen LogP contribution in [0, 0.1) is 17.3 Å². The van der Waals surface area contributed by atoms with Crippen LogP contribution in [-0.2, 0) is 16.0 Å². The summed E-state index contributed by atoms with van der Waals surface area (Å²) in [5.41, 5.74) is 1.02. The summed E-state index contributed by atoms with van der Waals surface area (Å²) >= 11 is 0. The first kappa shape index (κ1) is 20.3. The van der Waals surface area contributed by atoms with Gasteiger partial charge in [-0.15, -0.1) is 0 Å². The lowest BCUT2D eigenvalue weighted by Gasteiger charge is -2.51. The average molecular weight is 361 g/mol. The minimum atomic E-state index is -0.0777. The molecule has 0 saturated heterocycles. The Balaban J connectivity index is 1.87. The van der Waals surface area contributed by atoms with Crippen molar-refractivity contribution in [3.63, 3.8) is 0 Å². The van der Waals surface area contributed by atoms with Crippen LogP contribution in [0.1, 0.15) is 39.2 Å². The molecule has 0 aromatic heterocycles. The number of ether oxygens (including phenoxy) is 2. The maximum absolute atomic E-state index is 12.6. The highest BCUT2D eigenvalue weighted by Crippen LogP contribution is 2.53. The van der Waals surface area contributed by atoms with Crippen LogP contribution in [0.2, 0.25) is 0 Å². The van der Waals surface area contributed by atoms with Gasteiger partial charge in [-0.25, -0.2) is 0 Å². The Morgan fingerprint density at radius 1 is 1.19 bits per heavy atom. The molecule has 0 heterocycles. The molecule has 1 aliphatic carbocycles. The summed E-state index contributed by atoms with van der Waals surface area (Å²) in [5, 5.41) is 0. The molecule has 0 aliphatic heterocycles. The van der Waals surface area contributed by atoms with Gasteiger partial charge in [-0.05, 0) is 48.8 Å². The zero-order valence-electron chi connectivity index (χ0n) is 16.8. The zero-order chi connectivity index (χ0) is 19.5. The van der Waals surface area contributed by atoms with Crippen molar-refractivity contribution in [2.24, 2.45) is 17.3 Å². The zero-order valence-corrected chi connectivity index (χ0v) is 16.8. The maximum Gasteiger partial charge on any atom is 0.222 e. The minimum Gasteiger partial charge on any atom is -0.493 e. The number of hydrogen-bond acceptors (Lipinski definition) is 4. The fraction of sp³-hybridized carbons (Fsp3) is 0.619. The molecule has 0 unspecified atom stereocenters. The molecule has 2 atom stereocenters. The summed E-state index contributed by atoms with van der Waals surface area (Å²) < 4.78 is 10.6. The molecule has 1 saturated carbocycles. The summed E-state index contributed by atoms with van der Waals surface area (Å²) in [4.78, 5) is 26.0. The second-order valence-electron chi connectivity index (χ2n) is 7.88. The van der Waals surface area contributed by atoms with Crippen LogP contribution in [0.15, 0.2) is 18.2 Å². The highest BCUT2D eigenvalue weighted by Gasteiger charge is 2.50. The number of Topliss-reactive ketones (excluding diaryl/α,β-unsaturated/α-hetero) is 1. The van der Waals surface area contributed by atoms with Gasteiger partial charge >= 0.3 is 0 Å². The third-order valence-corrected chi connectivity index (χ3v) is 5.99. The van der Waals surface area contributed by atoms with Crippen LogP contribution in [0.5, 0.6) is 11.5 Å². The molecule has 1 fully saturated rings. The Morgan fingerprint density at radius 3 is 2.38 bits per heavy atom. The molecule has 0 N–H and O–H groups in total. The lowest BCUT2D eigenvalue weighted by atomic mass is 9.52. The van der Waals surface area contributed by atoms with E-state index >= 15 is 0 Å². The SMILES string of the molecule is COc1ccc(CCN(C)C(=O)C[C@H]2C[C@@H](C(C)=O)C2(C)C)cc1OC. The van der Waals surface area contributed by atoms with E-state index in [0.717, 1.165) is 18.4 Å². The van der Waals surface area contributed by atoms with Gasteiger partial charge in [0.05, 0.1) is 14.2 Å². The van der Waals surface area contributed by atoms with Gasteiger partial charge in [0.25, 0.3) is 0 Å². The van der Waals surface area contributed by atoms with Gasteiger partial charge in [-0.1, -0.05) is 19.9 Å². The quantitative estimate of drug-likeness (QED) is 0.712. The molecule has 144 valence electrons. The molecular weight excluding hydrogens is 330 g/mol. The first-order valence-electron chi connectivity index (χ1n) is 9.16. The van der Waals surface area contributed by atoms with Crippen LogP contribution in [-0.4, -0.2) is 44.4 Å². The molecule has 5 nitrogen and oxygen atoms in total. The number of benzene rings is 1. The smallest absolute Gasteiger partial charge is 0.222 e. The van der Waals surface area contributed by atoms with E-state index < -0.39 is 0 Å². The first-order chi connectivity index (χ1) is 12.2. The Labute approximate surface area is 156 Å². The van der Waals surface area contributed by atoms with Crippen molar-refractivity contribution in [1.82, 2.24) is 4.90 Å². The van der Waals surface area contributed by atoms with Crippen LogP contribution in [0.25, 0.3) is 0 Å². The van der Waals surface area contributed by atoms with Crippen molar-refractivity contribution in [2.75, 3.05) is 27.8 Å². The second kappa shape index (κ2) is 8.11. The number of likely N-dealkylation sites (N-methyl/N-ethyl adjacent to an activating group) is 1. The van der Waals surface area contributed by atoms with Crippen molar-refractivity contribution >= 4 is 11.7 Å². The molecule has 1 aliphatic rings. The third kappa shape index (κ3) is 4.19. The summed E-state index contributed by atoms with van der Waals surface area (Å²) in [5.74, 6) is 2.16. The summed E-state index contributed by atoms with van der Waals surface area (Å²) in [6.45, 7) is 6.51. The molecule has 0 radical (unpaired) electrons. The Kier molecular flexibility index (Phi) is 6.32. The van der Waals surface area contributed by atoms with Gasteiger partial charge in [0.2, 0.25) is 5.91 Å². The van der Waals surface area contributed by atoms with Crippen LogP contribution in [0.4, 0.5) is 0 Å². The molecule has 0 bridgehead atoms. The Bertz CT molecular complexity index is 668. The lowest BCUT2D eigenvalue weighted by Crippen LogP contribution is -2.50. The highest BCUT2D eigenvalue weighted by atomic mass is 16.5. The Hall–Kier alpha value is -2.04. The topological polar surface area (TPSA) is 55.8 Å². The summed E-state index contributed by atoms with van der Waals surface area (Å²) in [6, 6.07) is 5.82. The monoisotopic (exact) mass is 361 g/mol. The van der Waals surface area contributed by atoms with Crippen LogP contribution < -0.4 is 9.47 Å². The first-order valence-corrected chi connectivity index (χ1v) is 9.16. The minimum absolute atomic E-state index is 0.0777. The van der Waals surface area contributed by atoms with Crippen molar-refractivity contribution in [2.45, 2.75) is 40.0 Å². The number of carbonyl (C=O) groups is 2. The van der Waals surface area contributed by atoms with E-state index in [1.807, 2.05) is 25.2 Å². The van der Waals surface area contributed by atoms with Crippen LogP contribution in [0.3, 0.4) is 0 Å². The molecule has 1 amide bonds. The van der Waals surface area contributed by atoms with Crippen molar-refractivity contribution in [3.05, 3.63) is 23.8 Å².